The fraction of sp³-hybridized carbons (Fsp3) is 0.261. The first-order valence-corrected chi connectivity index (χ1v) is 11.7. The van der Waals surface area contributed by atoms with Gasteiger partial charge in [-0.15, -0.1) is 0 Å². The van der Waals surface area contributed by atoms with Crippen LogP contribution in [0.2, 0.25) is 0 Å². The fourth-order valence-electron chi connectivity index (χ4n) is 2.78. The number of methoxy groups -OCH3 is 1. The molecule has 33 heavy (non-hydrogen) atoms. The second-order valence-electron chi connectivity index (χ2n) is 6.53. The van der Waals surface area contributed by atoms with Crippen molar-refractivity contribution in [2.24, 2.45) is 4.99 Å². The Morgan fingerprint density at radius 1 is 1.12 bits per heavy atom. The van der Waals surface area contributed by atoms with E-state index in [2.05, 4.69) is 26.2 Å². The molecular formula is C23H23BrN2O6S. The molecule has 0 bridgehead atoms. The molecule has 0 unspecified atom stereocenters. The number of carbonyl (C=O) groups is 2. The highest BCUT2D eigenvalue weighted by Crippen LogP contribution is 2.37. The van der Waals surface area contributed by atoms with Crippen molar-refractivity contribution in [2.45, 2.75) is 13.8 Å². The Bertz CT molecular complexity index is 1090. The number of nitrogens with zero attached hydrogens (tertiary/aromatic N) is 1. The second-order valence-corrected chi connectivity index (χ2v) is 8.41. The van der Waals surface area contributed by atoms with Crippen molar-refractivity contribution in [2.75, 3.05) is 26.9 Å². The number of esters is 1. The Morgan fingerprint density at radius 3 is 2.52 bits per heavy atom. The fourth-order valence-corrected chi connectivity index (χ4v) is 4.05. The van der Waals surface area contributed by atoms with Gasteiger partial charge in [-0.25, -0.2) is 9.79 Å². The second kappa shape index (κ2) is 11.8. The minimum Gasteiger partial charge on any atom is -0.497 e. The number of ether oxygens (including phenoxy) is 4. The molecule has 1 amide bonds. The Morgan fingerprint density at radius 2 is 1.85 bits per heavy atom. The highest BCUT2D eigenvalue weighted by Gasteiger charge is 2.24. The SMILES string of the molecule is CCOC(=O)COc1cc(Br)c(/C=C2/SC(=Nc3ccc(OC)cc3)NC2=O)cc1OCC. The van der Waals surface area contributed by atoms with Crippen molar-refractivity contribution in [3.8, 4) is 17.2 Å². The van der Waals surface area contributed by atoms with Gasteiger partial charge in [-0.05, 0) is 73.6 Å². The van der Waals surface area contributed by atoms with Gasteiger partial charge in [0.1, 0.15) is 5.75 Å². The van der Waals surface area contributed by atoms with Crippen molar-refractivity contribution in [3.63, 3.8) is 0 Å². The predicted octanol–water partition coefficient (Wildman–Crippen LogP) is 4.69. The first-order valence-electron chi connectivity index (χ1n) is 10.1. The number of aliphatic imine (C=N–C) groups is 1. The molecule has 1 saturated heterocycles. The van der Waals surface area contributed by atoms with E-state index in [0.717, 1.165) is 5.75 Å². The minimum atomic E-state index is -0.468. The summed E-state index contributed by atoms with van der Waals surface area (Å²) in [5, 5.41) is 3.25. The highest BCUT2D eigenvalue weighted by molar-refractivity contribution is 9.10. The van der Waals surface area contributed by atoms with Crippen molar-refractivity contribution >= 4 is 56.5 Å². The van der Waals surface area contributed by atoms with E-state index < -0.39 is 5.97 Å². The number of halogens is 1. The molecule has 0 atom stereocenters. The van der Waals surface area contributed by atoms with Crippen LogP contribution in [-0.2, 0) is 14.3 Å². The van der Waals surface area contributed by atoms with Gasteiger partial charge in [0.2, 0.25) is 0 Å². The van der Waals surface area contributed by atoms with E-state index >= 15 is 0 Å². The van der Waals surface area contributed by atoms with E-state index in [1.54, 1.807) is 56.5 Å². The van der Waals surface area contributed by atoms with Gasteiger partial charge in [-0.3, -0.25) is 4.79 Å². The van der Waals surface area contributed by atoms with Crippen molar-refractivity contribution in [1.29, 1.82) is 0 Å². The third kappa shape index (κ3) is 6.75. The number of hydrogen-bond acceptors (Lipinski definition) is 8. The van der Waals surface area contributed by atoms with Gasteiger partial charge in [0.25, 0.3) is 5.91 Å². The van der Waals surface area contributed by atoms with Gasteiger partial charge in [0, 0.05) is 4.47 Å². The van der Waals surface area contributed by atoms with E-state index in [9.17, 15) is 9.59 Å². The average Bonchev–Trinajstić information content (AvgIpc) is 3.14. The van der Waals surface area contributed by atoms with Crippen LogP contribution >= 0.6 is 27.7 Å². The lowest BCUT2D eigenvalue weighted by atomic mass is 10.2. The number of rotatable bonds is 9. The molecule has 1 N–H and O–H groups in total. The molecule has 8 nitrogen and oxygen atoms in total. The van der Waals surface area contributed by atoms with Gasteiger partial charge in [0.15, 0.2) is 23.3 Å². The third-order valence-corrected chi connectivity index (χ3v) is 5.85. The molecular weight excluding hydrogens is 512 g/mol. The summed E-state index contributed by atoms with van der Waals surface area (Å²) in [7, 11) is 1.60. The van der Waals surface area contributed by atoms with Gasteiger partial charge in [0.05, 0.1) is 30.9 Å². The molecule has 0 saturated carbocycles. The standard InChI is InChI=1S/C23H23BrN2O6S/c1-4-30-18-10-14(17(24)12-19(18)32-13-21(27)31-5-2)11-20-22(28)26-23(33-20)25-15-6-8-16(29-3)9-7-15/h6-12H,4-5,13H2,1-3H3,(H,25,26,28)/b20-11+. The molecule has 10 heteroatoms. The first-order chi connectivity index (χ1) is 15.9. The molecule has 2 aromatic carbocycles. The Labute approximate surface area is 204 Å². The molecule has 1 aliphatic rings. The zero-order valence-corrected chi connectivity index (χ0v) is 20.7. The Kier molecular flexibility index (Phi) is 8.79. The van der Waals surface area contributed by atoms with E-state index in [1.807, 2.05) is 6.92 Å². The molecule has 174 valence electrons. The summed E-state index contributed by atoms with van der Waals surface area (Å²) in [5.74, 6) is 0.855. The molecule has 3 rings (SSSR count). The van der Waals surface area contributed by atoms with Crippen LogP contribution in [0.1, 0.15) is 19.4 Å². The number of amidine groups is 1. The van der Waals surface area contributed by atoms with Crippen LogP contribution in [0.25, 0.3) is 6.08 Å². The lowest BCUT2D eigenvalue weighted by Crippen LogP contribution is -2.19. The quantitative estimate of drug-likeness (QED) is 0.368. The number of amides is 1. The molecule has 1 fully saturated rings. The summed E-state index contributed by atoms with van der Waals surface area (Å²) in [4.78, 5) is 29.1. The van der Waals surface area contributed by atoms with Crippen LogP contribution < -0.4 is 19.5 Å². The number of benzene rings is 2. The summed E-state index contributed by atoms with van der Waals surface area (Å²) in [5.41, 5.74) is 1.41. The molecule has 0 radical (unpaired) electrons. The topological polar surface area (TPSA) is 95.5 Å². The van der Waals surface area contributed by atoms with Gasteiger partial charge in [-0.1, -0.05) is 15.9 Å². The van der Waals surface area contributed by atoms with Crippen LogP contribution in [0.5, 0.6) is 17.2 Å². The van der Waals surface area contributed by atoms with Crippen molar-refractivity contribution < 1.29 is 28.5 Å². The Balaban J connectivity index is 1.80. The summed E-state index contributed by atoms with van der Waals surface area (Å²) in [6.07, 6.45) is 1.73. The van der Waals surface area contributed by atoms with Crippen LogP contribution in [0.15, 0.2) is 50.8 Å². The van der Waals surface area contributed by atoms with E-state index in [1.165, 1.54) is 11.8 Å². The van der Waals surface area contributed by atoms with Crippen molar-refractivity contribution in [1.82, 2.24) is 5.32 Å². The molecule has 2 aromatic rings. The predicted molar refractivity (Wildman–Crippen MR) is 131 cm³/mol. The maximum Gasteiger partial charge on any atom is 0.344 e. The highest BCUT2D eigenvalue weighted by atomic mass is 79.9. The number of carbonyl (C=O) groups excluding carboxylic acids is 2. The van der Waals surface area contributed by atoms with Gasteiger partial charge < -0.3 is 24.3 Å². The monoisotopic (exact) mass is 534 g/mol. The van der Waals surface area contributed by atoms with Crippen LogP contribution in [0.4, 0.5) is 5.69 Å². The van der Waals surface area contributed by atoms with Crippen LogP contribution in [0, 0.1) is 0 Å². The lowest BCUT2D eigenvalue weighted by molar-refractivity contribution is -0.145. The minimum absolute atomic E-state index is 0.232. The zero-order valence-electron chi connectivity index (χ0n) is 18.3. The number of thioether (sulfide) groups is 1. The van der Waals surface area contributed by atoms with E-state index in [-0.39, 0.29) is 19.1 Å². The van der Waals surface area contributed by atoms with Gasteiger partial charge >= 0.3 is 5.97 Å². The lowest BCUT2D eigenvalue weighted by Gasteiger charge is -2.13. The first kappa shape index (κ1) is 24.7. The third-order valence-electron chi connectivity index (χ3n) is 4.25. The molecule has 0 spiro atoms. The molecule has 1 heterocycles. The maximum absolute atomic E-state index is 12.5. The average molecular weight is 535 g/mol. The van der Waals surface area contributed by atoms with E-state index in [4.69, 9.17) is 18.9 Å². The van der Waals surface area contributed by atoms with Crippen LogP contribution in [0.3, 0.4) is 0 Å². The molecule has 1 aliphatic heterocycles. The molecule has 0 aliphatic carbocycles. The molecule has 0 aromatic heterocycles. The summed E-state index contributed by atoms with van der Waals surface area (Å²) >= 11 is 4.74. The largest absolute Gasteiger partial charge is 0.497 e. The van der Waals surface area contributed by atoms with Gasteiger partial charge in [-0.2, -0.15) is 0 Å². The van der Waals surface area contributed by atoms with E-state index in [0.29, 0.717) is 43.9 Å². The normalized spacial score (nSPS) is 15.5. The summed E-state index contributed by atoms with van der Waals surface area (Å²) in [6.45, 7) is 4.02. The van der Waals surface area contributed by atoms with Crippen LogP contribution in [-0.4, -0.2) is 44.0 Å². The number of nitrogens with one attached hydrogen (secondary N) is 1. The smallest absolute Gasteiger partial charge is 0.344 e. The Hall–Kier alpha value is -2.98. The zero-order chi connectivity index (χ0) is 23.8. The summed E-state index contributed by atoms with van der Waals surface area (Å²) < 4.78 is 21.9. The maximum atomic E-state index is 12.5. The summed E-state index contributed by atoms with van der Waals surface area (Å²) in [6, 6.07) is 10.7. The number of hydrogen-bond donors (Lipinski definition) is 1. The van der Waals surface area contributed by atoms with Crippen molar-refractivity contribution in [3.05, 3.63) is 51.3 Å².